The van der Waals surface area contributed by atoms with Crippen LogP contribution in [0.2, 0.25) is 0 Å². The zero-order chi connectivity index (χ0) is 17.8. The number of ether oxygens (including phenoxy) is 2. The molecule has 0 aliphatic heterocycles. The van der Waals surface area contributed by atoms with Crippen LogP contribution in [0.15, 0.2) is 24.3 Å². The number of hydrogen-bond donors (Lipinski definition) is 2. The number of carbonyl (C=O) groups is 2. The average Bonchev–Trinajstić information content (AvgIpc) is 2.32. The smallest absolute Gasteiger partial charge is 0.479 e. The van der Waals surface area contributed by atoms with Gasteiger partial charge in [-0.25, -0.2) is 9.59 Å². The summed E-state index contributed by atoms with van der Waals surface area (Å²) in [4.78, 5) is 22.9. The summed E-state index contributed by atoms with van der Waals surface area (Å²) in [5, 5.41) is 11.3. The molecule has 0 heterocycles. The quantitative estimate of drug-likeness (QED) is 0.882. The lowest BCUT2D eigenvalue weighted by molar-refractivity contribution is -0.274. The predicted octanol–water partition coefficient (Wildman–Crippen LogP) is 3.24. The van der Waals surface area contributed by atoms with Crippen molar-refractivity contribution in [3.63, 3.8) is 0 Å². The Bertz CT molecular complexity index is 563. The maximum atomic E-state index is 12.1. The monoisotopic (exact) mass is 335 g/mol. The van der Waals surface area contributed by atoms with Gasteiger partial charge in [-0.05, 0) is 38.5 Å². The van der Waals surface area contributed by atoms with E-state index in [-0.39, 0.29) is 5.56 Å². The van der Waals surface area contributed by atoms with Crippen molar-refractivity contribution in [3.8, 4) is 5.75 Å². The number of carbonyl (C=O) groups excluding carboxylic acids is 1. The van der Waals surface area contributed by atoms with Gasteiger partial charge in [0.1, 0.15) is 11.4 Å². The van der Waals surface area contributed by atoms with Crippen LogP contribution in [0.1, 0.15) is 32.4 Å². The lowest BCUT2D eigenvalue weighted by atomic mass is 10.1. The maximum Gasteiger partial charge on any atom is 0.573 e. The molecule has 2 N–H and O–H groups in total. The summed E-state index contributed by atoms with van der Waals surface area (Å²) in [5.41, 5.74) is -0.754. The van der Waals surface area contributed by atoms with Crippen LogP contribution in [0.3, 0.4) is 0 Å². The van der Waals surface area contributed by atoms with Crippen molar-refractivity contribution in [2.24, 2.45) is 0 Å². The molecular formula is C14H16F3NO5. The highest BCUT2D eigenvalue weighted by atomic mass is 19.4. The van der Waals surface area contributed by atoms with Crippen molar-refractivity contribution in [2.75, 3.05) is 0 Å². The fourth-order valence-electron chi connectivity index (χ4n) is 1.58. The number of halogens is 3. The second-order valence-electron chi connectivity index (χ2n) is 5.53. The van der Waals surface area contributed by atoms with Gasteiger partial charge in [-0.1, -0.05) is 12.1 Å². The molecule has 1 aromatic carbocycles. The van der Waals surface area contributed by atoms with Crippen molar-refractivity contribution in [1.82, 2.24) is 5.32 Å². The van der Waals surface area contributed by atoms with E-state index >= 15 is 0 Å². The zero-order valence-electron chi connectivity index (χ0n) is 12.6. The van der Waals surface area contributed by atoms with Gasteiger partial charge in [-0.2, -0.15) is 0 Å². The van der Waals surface area contributed by atoms with Crippen LogP contribution in [0.5, 0.6) is 5.75 Å². The first kappa shape index (κ1) is 18.6. The van der Waals surface area contributed by atoms with Gasteiger partial charge in [0.2, 0.25) is 0 Å². The number of benzene rings is 1. The Labute approximate surface area is 130 Å². The van der Waals surface area contributed by atoms with Gasteiger partial charge in [-0.15, -0.1) is 13.2 Å². The summed E-state index contributed by atoms with van der Waals surface area (Å²) < 4.78 is 44.8. The topological polar surface area (TPSA) is 84.9 Å². The highest BCUT2D eigenvalue weighted by molar-refractivity contribution is 5.81. The van der Waals surface area contributed by atoms with E-state index in [1.165, 1.54) is 0 Å². The molecule has 0 saturated carbocycles. The number of carboxylic acids is 1. The minimum absolute atomic E-state index is 0.0675. The largest absolute Gasteiger partial charge is 0.573 e. The third-order valence-corrected chi connectivity index (χ3v) is 2.36. The number of rotatable bonds is 4. The molecule has 0 aliphatic carbocycles. The third kappa shape index (κ3) is 6.90. The highest BCUT2D eigenvalue weighted by Crippen LogP contribution is 2.24. The van der Waals surface area contributed by atoms with E-state index in [1.54, 1.807) is 20.8 Å². The molecule has 23 heavy (non-hydrogen) atoms. The van der Waals surface area contributed by atoms with Crippen molar-refractivity contribution >= 4 is 12.1 Å². The Morgan fingerprint density at radius 3 is 2.04 bits per heavy atom. The number of alkyl halides is 3. The molecule has 0 aliphatic rings. The normalized spacial score (nSPS) is 13.1. The molecule has 1 atom stereocenters. The highest BCUT2D eigenvalue weighted by Gasteiger charge is 2.31. The standard InChI is InChI=1S/C14H16F3NO5/c1-13(2,3)23-12(21)18-10(11(19)20)8-4-6-9(7-5-8)22-14(15,16)17/h4-7,10H,1-3H3,(H,18,21)(H,19,20). The van der Waals surface area contributed by atoms with Crippen molar-refractivity contribution < 1.29 is 37.3 Å². The first-order valence-corrected chi connectivity index (χ1v) is 6.45. The lowest BCUT2D eigenvalue weighted by Gasteiger charge is -2.22. The van der Waals surface area contributed by atoms with Gasteiger partial charge < -0.3 is 19.9 Å². The molecule has 1 amide bonds. The van der Waals surface area contributed by atoms with Crippen LogP contribution in [0.25, 0.3) is 0 Å². The Balaban J connectivity index is 2.86. The van der Waals surface area contributed by atoms with Crippen LogP contribution in [-0.4, -0.2) is 29.1 Å². The lowest BCUT2D eigenvalue weighted by Crippen LogP contribution is -2.38. The van der Waals surface area contributed by atoms with E-state index in [1.807, 2.05) is 0 Å². The van der Waals surface area contributed by atoms with Crippen LogP contribution in [0.4, 0.5) is 18.0 Å². The first-order chi connectivity index (χ1) is 10.4. The summed E-state index contributed by atoms with van der Waals surface area (Å²) in [7, 11) is 0. The third-order valence-electron chi connectivity index (χ3n) is 2.36. The minimum Gasteiger partial charge on any atom is -0.479 e. The molecule has 0 saturated heterocycles. The number of alkyl carbamates (subject to hydrolysis) is 1. The Kier molecular flexibility index (Phi) is 5.46. The summed E-state index contributed by atoms with van der Waals surface area (Å²) in [6.07, 6.45) is -5.80. The number of carboxylic acid groups (broad SMARTS) is 1. The predicted molar refractivity (Wildman–Crippen MR) is 72.9 cm³/mol. The summed E-state index contributed by atoms with van der Waals surface area (Å²) in [6, 6.07) is 2.66. The van der Waals surface area contributed by atoms with E-state index < -0.39 is 35.8 Å². The molecule has 6 nitrogen and oxygen atoms in total. The van der Waals surface area contributed by atoms with E-state index in [0.717, 1.165) is 24.3 Å². The summed E-state index contributed by atoms with van der Waals surface area (Å²) in [6.45, 7) is 4.81. The molecule has 128 valence electrons. The van der Waals surface area contributed by atoms with Gasteiger partial charge >= 0.3 is 18.4 Å². The van der Waals surface area contributed by atoms with E-state index in [4.69, 9.17) is 9.84 Å². The van der Waals surface area contributed by atoms with Gasteiger partial charge in [0.15, 0.2) is 6.04 Å². The van der Waals surface area contributed by atoms with Crippen molar-refractivity contribution in [1.29, 1.82) is 0 Å². The van der Waals surface area contributed by atoms with Gasteiger partial charge in [0.05, 0.1) is 0 Å². The van der Waals surface area contributed by atoms with Crippen LogP contribution in [-0.2, 0) is 9.53 Å². The summed E-state index contributed by atoms with van der Waals surface area (Å²) >= 11 is 0. The van der Waals surface area contributed by atoms with Gasteiger partial charge in [0, 0.05) is 0 Å². The fraction of sp³-hybridized carbons (Fsp3) is 0.429. The maximum absolute atomic E-state index is 12.1. The second-order valence-corrected chi connectivity index (χ2v) is 5.53. The molecule has 0 aromatic heterocycles. The SMILES string of the molecule is CC(C)(C)OC(=O)NC(C(=O)O)c1ccc(OC(F)(F)F)cc1. The molecule has 1 aromatic rings. The number of nitrogens with one attached hydrogen (secondary N) is 1. The molecule has 0 fully saturated rings. The molecular weight excluding hydrogens is 319 g/mol. The van der Waals surface area contributed by atoms with Crippen LogP contribution < -0.4 is 10.1 Å². The van der Waals surface area contributed by atoms with Crippen LogP contribution >= 0.6 is 0 Å². The fourth-order valence-corrected chi connectivity index (χ4v) is 1.58. The Morgan fingerprint density at radius 2 is 1.65 bits per heavy atom. The average molecular weight is 335 g/mol. The number of hydrogen-bond acceptors (Lipinski definition) is 4. The van der Waals surface area contributed by atoms with E-state index in [0.29, 0.717) is 0 Å². The minimum atomic E-state index is -4.84. The zero-order valence-corrected chi connectivity index (χ0v) is 12.6. The second kappa shape index (κ2) is 6.76. The van der Waals surface area contributed by atoms with Gasteiger partial charge in [-0.3, -0.25) is 0 Å². The van der Waals surface area contributed by atoms with Crippen LogP contribution in [0, 0.1) is 0 Å². The van der Waals surface area contributed by atoms with E-state index in [2.05, 4.69) is 10.1 Å². The molecule has 9 heteroatoms. The molecule has 1 unspecified atom stereocenters. The summed E-state index contributed by atoms with van der Waals surface area (Å²) in [5.74, 6) is -1.89. The molecule has 0 radical (unpaired) electrons. The molecule has 0 spiro atoms. The van der Waals surface area contributed by atoms with Crippen molar-refractivity contribution in [2.45, 2.75) is 38.8 Å². The Morgan fingerprint density at radius 1 is 1.13 bits per heavy atom. The first-order valence-electron chi connectivity index (χ1n) is 6.45. The number of aliphatic carboxylic acids is 1. The van der Waals surface area contributed by atoms with Gasteiger partial charge in [0.25, 0.3) is 0 Å². The van der Waals surface area contributed by atoms with E-state index in [9.17, 15) is 22.8 Å². The molecule has 0 bridgehead atoms. The molecule has 1 rings (SSSR count). The van der Waals surface area contributed by atoms with Crippen molar-refractivity contribution in [3.05, 3.63) is 29.8 Å². The Hall–Kier alpha value is -2.45. The number of amides is 1.